The van der Waals surface area contributed by atoms with Crippen LogP contribution in [0.1, 0.15) is 33.1 Å². The highest BCUT2D eigenvalue weighted by molar-refractivity contribution is 5.87. The van der Waals surface area contributed by atoms with E-state index >= 15 is 0 Å². The van der Waals surface area contributed by atoms with Gasteiger partial charge in [-0.1, -0.05) is 42.0 Å². The van der Waals surface area contributed by atoms with Crippen LogP contribution in [0.15, 0.2) is 48.5 Å². The highest BCUT2D eigenvalue weighted by Gasteiger charge is 2.17. The SMILES string of the molecule is Cc1cccc(C(c2ccc(C(=O)O)cc2)N(C)C)c1. The van der Waals surface area contributed by atoms with E-state index in [0.29, 0.717) is 5.56 Å². The number of carboxylic acid groups (broad SMARTS) is 1. The molecule has 0 aliphatic heterocycles. The van der Waals surface area contributed by atoms with Crippen molar-refractivity contribution >= 4 is 5.97 Å². The average Bonchev–Trinajstić information content (AvgIpc) is 2.39. The van der Waals surface area contributed by atoms with Gasteiger partial charge in [-0.15, -0.1) is 0 Å². The quantitative estimate of drug-likeness (QED) is 0.925. The van der Waals surface area contributed by atoms with Crippen LogP contribution in [0, 0.1) is 6.92 Å². The Hall–Kier alpha value is -2.13. The molecule has 0 spiro atoms. The van der Waals surface area contributed by atoms with Crippen LogP contribution in [0.4, 0.5) is 0 Å². The number of carbonyl (C=O) groups is 1. The molecule has 20 heavy (non-hydrogen) atoms. The summed E-state index contributed by atoms with van der Waals surface area (Å²) in [6.07, 6.45) is 0. The molecule has 3 nitrogen and oxygen atoms in total. The molecule has 0 amide bonds. The second-order valence-electron chi connectivity index (χ2n) is 5.21. The normalized spacial score (nSPS) is 12.4. The van der Waals surface area contributed by atoms with Crippen LogP contribution in [0.2, 0.25) is 0 Å². The fourth-order valence-corrected chi connectivity index (χ4v) is 2.44. The summed E-state index contributed by atoms with van der Waals surface area (Å²) in [6, 6.07) is 15.6. The Kier molecular flexibility index (Phi) is 4.20. The van der Waals surface area contributed by atoms with Gasteiger partial charge in [-0.3, -0.25) is 4.90 Å². The summed E-state index contributed by atoms with van der Waals surface area (Å²) in [5, 5.41) is 8.97. The van der Waals surface area contributed by atoms with Crippen molar-refractivity contribution in [1.29, 1.82) is 0 Å². The summed E-state index contributed by atoms with van der Waals surface area (Å²) in [5.41, 5.74) is 3.83. The van der Waals surface area contributed by atoms with Gasteiger partial charge in [-0.2, -0.15) is 0 Å². The van der Waals surface area contributed by atoms with Crippen molar-refractivity contribution in [3.05, 3.63) is 70.8 Å². The highest BCUT2D eigenvalue weighted by atomic mass is 16.4. The van der Waals surface area contributed by atoms with E-state index in [-0.39, 0.29) is 6.04 Å². The number of carboxylic acids is 1. The van der Waals surface area contributed by atoms with E-state index in [2.05, 4.69) is 30.0 Å². The third-order valence-corrected chi connectivity index (χ3v) is 3.35. The van der Waals surface area contributed by atoms with Gasteiger partial charge in [0.05, 0.1) is 11.6 Å². The van der Waals surface area contributed by atoms with Crippen LogP contribution >= 0.6 is 0 Å². The van der Waals surface area contributed by atoms with Crippen molar-refractivity contribution in [2.24, 2.45) is 0 Å². The number of hydrogen-bond donors (Lipinski definition) is 1. The summed E-state index contributed by atoms with van der Waals surface area (Å²) < 4.78 is 0. The summed E-state index contributed by atoms with van der Waals surface area (Å²) in [7, 11) is 4.05. The zero-order valence-corrected chi connectivity index (χ0v) is 12.0. The lowest BCUT2D eigenvalue weighted by Gasteiger charge is -2.25. The van der Waals surface area contributed by atoms with Crippen LogP contribution < -0.4 is 0 Å². The van der Waals surface area contributed by atoms with Crippen molar-refractivity contribution in [3.63, 3.8) is 0 Å². The minimum Gasteiger partial charge on any atom is -0.478 e. The Labute approximate surface area is 119 Å². The standard InChI is InChI=1S/C17H19NO2/c1-12-5-4-6-15(11-12)16(18(2)3)13-7-9-14(10-8-13)17(19)20/h4-11,16H,1-3H3,(H,19,20). The topological polar surface area (TPSA) is 40.5 Å². The molecule has 3 heteroatoms. The maximum absolute atomic E-state index is 10.9. The Morgan fingerprint density at radius 3 is 2.20 bits per heavy atom. The number of aryl methyl sites for hydroxylation is 1. The first kappa shape index (κ1) is 14.3. The molecule has 2 aromatic carbocycles. The van der Waals surface area contributed by atoms with Crippen molar-refractivity contribution < 1.29 is 9.90 Å². The Balaban J connectivity index is 2.41. The van der Waals surface area contributed by atoms with E-state index in [0.717, 1.165) is 5.56 Å². The molecule has 0 bridgehead atoms. The van der Waals surface area contributed by atoms with Gasteiger partial charge in [0.1, 0.15) is 0 Å². The molecule has 1 N–H and O–H groups in total. The number of nitrogens with zero attached hydrogens (tertiary/aromatic N) is 1. The van der Waals surface area contributed by atoms with E-state index in [9.17, 15) is 4.79 Å². The molecule has 2 aromatic rings. The van der Waals surface area contributed by atoms with Gasteiger partial charge in [0.2, 0.25) is 0 Å². The van der Waals surface area contributed by atoms with Gasteiger partial charge >= 0.3 is 5.97 Å². The van der Waals surface area contributed by atoms with E-state index < -0.39 is 5.97 Å². The molecule has 0 heterocycles. The largest absolute Gasteiger partial charge is 0.478 e. The van der Waals surface area contributed by atoms with E-state index in [1.807, 2.05) is 32.3 Å². The maximum Gasteiger partial charge on any atom is 0.335 e. The third kappa shape index (κ3) is 3.06. The molecule has 0 fully saturated rings. The molecular weight excluding hydrogens is 250 g/mol. The fourth-order valence-electron chi connectivity index (χ4n) is 2.44. The zero-order valence-electron chi connectivity index (χ0n) is 12.0. The molecule has 0 radical (unpaired) electrons. The second kappa shape index (κ2) is 5.88. The van der Waals surface area contributed by atoms with Crippen molar-refractivity contribution in [2.45, 2.75) is 13.0 Å². The lowest BCUT2D eigenvalue weighted by Crippen LogP contribution is -2.21. The minimum absolute atomic E-state index is 0.123. The van der Waals surface area contributed by atoms with Crippen LogP contribution in [0.3, 0.4) is 0 Å². The van der Waals surface area contributed by atoms with Gasteiger partial charge < -0.3 is 5.11 Å². The Morgan fingerprint density at radius 2 is 1.70 bits per heavy atom. The lowest BCUT2D eigenvalue weighted by molar-refractivity contribution is 0.0697. The summed E-state index contributed by atoms with van der Waals surface area (Å²) in [6.45, 7) is 2.07. The monoisotopic (exact) mass is 269 g/mol. The summed E-state index contributed by atoms with van der Waals surface area (Å²) >= 11 is 0. The van der Waals surface area contributed by atoms with Gasteiger partial charge in [0, 0.05) is 0 Å². The van der Waals surface area contributed by atoms with Gasteiger partial charge in [-0.05, 0) is 44.3 Å². The fraction of sp³-hybridized carbons (Fsp3) is 0.235. The van der Waals surface area contributed by atoms with E-state index in [1.54, 1.807) is 12.1 Å². The van der Waals surface area contributed by atoms with Gasteiger partial charge in [-0.25, -0.2) is 4.79 Å². The smallest absolute Gasteiger partial charge is 0.335 e. The molecule has 0 saturated carbocycles. The van der Waals surface area contributed by atoms with Crippen LogP contribution in [0.5, 0.6) is 0 Å². The van der Waals surface area contributed by atoms with Gasteiger partial charge in [0.15, 0.2) is 0 Å². The average molecular weight is 269 g/mol. The van der Waals surface area contributed by atoms with Crippen LogP contribution in [-0.2, 0) is 0 Å². The lowest BCUT2D eigenvalue weighted by atomic mass is 9.96. The number of benzene rings is 2. The Bertz CT molecular complexity index is 603. The molecule has 0 aromatic heterocycles. The van der Waals surface area contributed by atoms with Crippen molar-refractivity contribution in [2.75, 3.05) is 14.1 Å². The third-order valence-electron chi connectivity index (χ3n) is 3.35. The first-order chi connectivity index (χ1) is 9.49. The molecule has 0 saturated heterocycles. The highest BCUT2D eigenvalue weighted by Crippen LogP contribution is 2.27. The molecule has 0 aliphatic rings. The second-order valence-corrected chi connectivity index (χ2v) is 5.21. The predicted molar refractivity (Wildman–Crippen MR) is 80.1 cm³/mol. The molecule has 1 atom stereocenters. The molecule has 0 aliphatic carbocycles. The summed E-state index contributed by atoms with van der Waals surface area (Å²) in [4.78, 5) is 13.0. The summed E-state index contributed by atoms with van der Waals surface area (Å²) in [5.74, 6) is -0.895. The van der Waals surface area contributed by atoms with Crippen LogP contribution in [-0.4, -0.2) is 30.1 Å². The van der Waals surface area contributed by atoms with Crippen molar-refractivity contribution in [1.82, 2.24) is 4.90 Å². The number of rotatable bonds is 4. The minimum atomic E-state index is -0.895. The van der Waals surface area contributed by atoms with Crippen molar-refractivity contribution in [3.8, 4) is 0 Å². The van der Waals surface area contributed by atoms with E-state index in [1.165, 1.54) is 11.1 Å². The van der Waals surface area contributed by atoms with E-state index in [4.69, 9.17) is 5.11 Å². The predicted octanol–water partition coefficient (Wildman–Crippen LogP) is 3.34. The van der Waals surface area contributed by atoms with Crippen LogP contribution in [0.25, 0.3) is 0 Å². The maximum atomic E-state index is 10.9. The first-order valence-electron chi connectivity index (χ1n) is 6.55. The molecule has 2 rings (SSSR count). The number of hydrogen-bond acceptors (Lipinski definition) is 2. The number of aromatic carboxylic acids is 1. The first-order valence-corrected chi connectivity index (χ1v) is 6.55. The molecular formula is C17H19NO2. The molecule has 1 unspecified atom stereocenters. The Morgan fingerprint density at radius 1 is 1.05 bits per heavy atom. The zero-order chi connectivity index (χ0) is 14.7. The van der Waals surface area contributed by atoms with Gasteiger partial charge in [0.25, 0.3) is 0 Å². The molecule has 104 valence electrons.